The Morgan fingerprint density at radius 3 is 2.55 bits per heavy atom. The van der Waals surface area contributed by atoms with Crippen LogP contribution in [0.5, 0.6) is 0 Å². The van der Waals surface area contributed by atoms with Crippen LogP contribution in [0.25, 0.3) is 0 Å². The van der Waals surface area contributed by atoms with Crippen molar-refractivity contribution >= 4 is 6.21 Å². The molecule has 0 aromatic heterocycles. The average Bonchev–Trinajstić information content (AvgIpc) is 1.99. The Morgan fingerprint density at radius 2 is 2.18 bits per heavy atom. The van der Waals surface area contributed by atoms with Crippen LogP contribution in [0.1, 0.15) is 27.2 Å². The van der Waals surface area contributed by atoms with Crippen molar-refractivity contribution in [3.05, 3.63) is 12.7 Å². The molecular formula is C9H17NO. The van der Waals surface area contributed by atoms with Gasteiger partial charge in [-0.3, -0.25) is 0 Å². The van der Waals surface area contributed by atoms with E-state index in [-0.39, 0.29) is 5.41 Å². The number of hydrogen-bond donors (Lipinski definition) is 1. The van der Waals surface area contributed by atoms with Gasteiger partial charge in [0.2, 0.25) is 0 Å². The van der Waals surface area contributed by atoms with Crippen LogP contribution >= 0.6 is 0 Å². The molecule has 0 amide bonds. The zero-order valence-corrected chi connectivity index (χ0v) is 7.54. The van der Waals surface area contributed by atoms with E-state index < -0.39 is 0 Å². The molecule has 0 aromatic carbocycles. The summed E-state index contributed by atoms with van der Waals surface area (Å²) in [6.07, 6.45) is 4.22. The van der Waals surface area contributed by atoms with Gasteiger partial charge in [0.15, 0.2) is 0 Å². The highest BCUT2D eigenvalue weighted by molar-refractivity contribution is 5.57. The van der Waals surface area contributed by atoms with Crippen LogP contribution < -0.4 is 0 Å². The Hall–Kier alpha value is -0.790. The second-order valence-electron chi connectivity index (χ2n) is 3.52. The summed E-state index contributed by atoms with van der Waals surface area (Å²) in [5.74, 6) is 0.431. The molecule has 0 saturated carbocycles. The van der Waals surface area contributed by atoms with E-state index in [1.807, 2.05) is 6.08 Å². The second-order valence-corrected chi connectivity index (χ2v) is 3.52. The fraction of sp³-hybridized carbons (Fsp3) is 0.667. The molecule has 0 fully saturated rings. The van der Waals surface area contributed by atoms with Crippen LogP contribution in [-0.4, -0.2) is 11.4 Å². The minimum atomic E-state index is 0.133. The van der Waals surface area contributed by atoms with Gasteiger partial charge < -0.3 is 5.21 Å². The molecule has 0 bridgehead atoms. The number of hydrogen-bond acceptors (Lipinski definition) is 2. The van der Waals surface area contributed by atoms with Gasteiger partial charge >= 0.3 is 0 Å². The maximum absolute atomic E-state index is 8.23. The van der Waals surface area contributed by atoms with Crippen molar-refractivity contribution in [1.29, 1.82) is 0 Å². The number of allylic oxidation sites excluding steroid dienone is 1. The first-order valence-electron chi connectivity index (χ1n) is 3.83. The maximum Gasteiger partial charge on any atom is 0.0441 e. The Labute approximate surface area is 68.6 Å². The molecule has 0 rings (SSSR count). The van der Waals surface area contributed by atoms with Gasteiger partial charge in [0.1, 0.15) is 0 Å². The predicted molar refractivity (Wildman–Crippen MR) is 48.0 cm³/mol. The molecule has 0 saturated heterocycles. The zero-order chi connectivity index (χ0) is 8.91. The summed E-state index contributed by atoms with van der Waals surface area (Å²) in [5.41, 5.74) is 0.133. The van der Waals surface area contributed by atoms with Crippen molar-refractivity contribution in [1.82, 2.24) is 0 Å². The Bertz CT molecular complexity index is 150. The van der Waals surface area contributed by atoms with E-state index in [0.29, 0.717) is 5.92 Å². The van der Waals surface area contributed by atoms with Crippen molar-refractivity contribution in [2.45, 2.75) is 27.2 Å². The van der Waals surface area contributed by atoms with E-state index in [9.17, 15) is 0 Å². The molecule has 0 radical (unpaired) electrons. The first-order chi connectivity index (χ1) is 5.04. The molecule has 2 heteroatoms. The lowest BCUT2D eigenvalue weighted by Crippen LogP contribution is -2.20. The summed E-state index contributed by atoms with van der Waals surface area (Å²) in [5, 5.41) is 11.2. The third kappa shape index (κ3) is 3.21. The standard InChI is InChI=1S/C9H17NO/c1-5-8(2)9(3,4)6-7-10-11/h5,7-8,11H,1,6H2,2-4H3. The summed E-state index contributed by atoms with van der Waals surface area (Å²) < 4.78 is 0. The predicted octanol–water partition coefficient (Wildman–Crippen LogP) is 2.68. The van der Waals surface area contributed by atoms with Gasteiger partial charge in [-0.25, -0.2) is 0 Å². The van der Waals surface area contributed by atoms with E-state index in [1.54, 1.807) is 0 Å². The minimum absolute atomic E-state index is 0.133. The highest BCUT2D eigenvalue weighted by atomic mass is 16.4. The fourth-order valence-corrected chi connectivity index (χ4v) is 0.781. The first-order valence-corrected chi connectivity index (χ1v) is 3.83. The Morgan fingerprint density at radius 1 is 1.64 bits per heavy atom. The lowest BCUT2D eigenvalue weighted by Gasteiger charge is -2.27. The van der Waals surface area contributed by atoms with Gasteiger partial charge in [-0.15, -0.1) is 11.7 Å². The van der Waals surface area contributed by atoms with Crippen molar-refractivity contribution in [3.8, 4) is 0 Å². The topological polar surface area (TPSA) is 32.6 Å². The van der Waals surface area contributed by atoms with Crippen LogP contribution in [0.2, 0.25) is 0 Å². The third-order valence-corrected chi connectivity index (χ3v) is 2.29. The number of rotatable bonds is 4. The quantitative estimate of drug-likeness (QED) is 0.288. The van der Waals surface area contributed by atoms with E-state index in [4.69, 9.17) is 5.21 Å². The molecule has 1 N–H and O–H groups in total. The lowest BCUT2D eigenvalue weighted by atomic mass is 9.78. The van der Waals surface area contributed by atoms with Crippen LogP contribution in [-0.2, 0) is 0 Å². The van der Waals surface area contributed by atoms with Crippen molar-refractivity contribution < 1.29 is 5.21 Å². The molecule has 0 aliphatic rings. The van der Waals surface area contributed by atoms with Crippen LogP contribution in [0.4, 0.5) is 0 Å². The van der Waals surface area contributed by atoms with Gasteiger partial charge in [0.25, 0.3) is 0 Å². The smallest absolute Gasteiger partial charge is 0.0441 e. The Kier molecular flexibility index (Phi) is 3.86. The maximum atomic E-state index is 8.23. The van der Waals surface area contributed by atoms with Crippen LogP contribution in [0.15, 0.2) is 17.8 Å². The van der Waals surface area contributed by atoms with Gasteiger partial charge in [0.05, 0.1) is 0 Å². The molecule has 64 valence electrons. The van der Waals surface area contributed by atoms with E-state index in [2.05, 4.69) is 32.5 Å². The molecule has 0 aromatic rings. The molecule has 11 heavy (non-hydrogen) atoms. The van der Waals surface area contributed by atoms with E-state index in [1.165, 1.54) is 6.21 Å². The summed E-state index contributed by atoms with van der Waals surface area (Å²) in [6.45, 7) is 10.1. The van der Waals surface area contributed by atoms with Crippen molar-refractivity contribution in [2.24, 2.45) is 16.5 Å². The summed E-state index contributed by atoms with van der Waals surface area (Å²) >= 11 is 0. The number of oxime groups is 1. The largest absolute Gasteiger partial charge is 0.411 e. The van der Waals surface area contributed by atoms with Gasteiger partial charge in [0, 0.05) is 6.21 Å². The van der Waals surface area contributed by atoms with E-state index in [0.717, 1.165) is 6.42 Å². The fourth-order valence-electron chi connectivity index (χ4n) is 0.781. The molecule has 2 nitrogen and oxygen atoms in total. The summed E-state index contributed by atoms with van der Waals surface area (Å²) in [4.78, 5) is 0. The monoisotopic (exact) mass is 155 g/mol. The minimum Gasteiger partial charge on any atom is -0.411 e. The highest BCUT2D eigenvalue weighted by Crippen LogP contribution is 2.29. The molecule has 0 aliphatic heterocycles. The Balaban J connectivity index is 4.08. The molecule has 1 unspecified atom stereocenters. The molecule has 0 aliphatic carbocycles. The third-order valence-electron chi connectivity index (χ3n) is 2.29. The van der Waals surface area contributed by atoms with Gasteiger partial charge in [-0.1, -0.05) is 26.8 Å². The van der Waals surface area contributed by atoms with Crippen LogP contribution in [0, 0.1) is 11.3 Å². The average molecular weight is 155 g/mol. The van der Waals surface area contributed by atoms with E-state index >= 15 is 0 Å². The first kappa shape index (κ1) is 10.2. The van der Waals surface area contributed by atoms with Gasteiger partial charge in [-0.05, 0) is 17.8 Å². The van der Waals surface area contributed by atoms with Crippen LogP contribution in [0.3, 0.4) is 0 Å². The highest BCUT2D eigenvalue weighted by Gasteiger charge is 2.21. The second kappa shape index (κ2) is 4.16. The molecule has 1 atom stereocenters. The van der Waals surface area contributed by atoms with Crippen molar-refractivity contribution in [3.63, 3.8) is 0 Å². The summed E-state index contributed by atoms with van der Waals surface area (Å²) in [6, 6.07) is 0. The SMILES string of the molecule is C=CC(C)C(C)(C)CC=NO. The van der Waals surface area contributed by atoms with Gasteiger partial charge in [-0.2, -0.15) is 0 Å². The molecule has 0 spiro atoms. The van der Waals surface area contributed by atoms with Crippen molar-refractivity contribution in [2.75, 3.05) is 0 Å². The zero-order valence-electron chi connectivity index (χ0n) is 7.54. The number of nitrogens with zero attached hydrogens (tertiary/aromatic N) is 1. The molecular weight excluding hydrogens is 138 g/mol. The lowest BCUT2D eigenvalue weighted by molar-refractivity contribution is 0.282. The molecule has 0 heterocycles. The summed E-state index contributed by atoms with van der Waals surface area (Å²) in [7, 11) is 0. The normalized spacial score (nSPS) is 15.2.